The van der Waals surface area contributed by atoms with Gasteiger partial charge in [-0.15, -0.1) is 0 Å². The zero-order valence-electron chi connectivity index (χ0n) is 7.86. The van der Waals surface area contributed by atoms with Crippen molar-refractivity contribution in [1.82, 2.24) is 10.2 Å². The molecule has 6 heteroatoms. The molecule has 1 rings (SSSR count). The summed E-state index contributed by atoms with van der Waals surface area (Å²) in [5.41, 5.74) is 0.397. The van der Waals surface area contributed by atoms with E-state index in [4.69, 9.17) is 0 Å². The van der Waals surface area contributed by atoms with Crippen LogP contribution in [0.25, 0.3) is 0 Å². The number of hydrogen-bond acceptors (Lipinski definition) is 2. The number of amidine groups is 1. The summed E-state index contributed by atoms with van der Waals surface area (Å²) in [6.07, 6.45) is -4.41. The van der Waals surface area contributed by atoms with Crippen molar-refractivity contribution in [2.45, 2.75) is 6.18 Å². The molecule has 0 saturated carbocycles. The van der Waals surface area contributed by atoms with E-state index in [0.717, 1.165) is 11.9 Å². The van der Waals surface area contributed by atoms with Gasteiger partial charge < -0.3 is 10.2 Å². The molecule has 1 N–H and O–H groups in total. The van der Waals surface area contributed by atoms with Crippen molar-refractivity contribution in [1.29, 1.82) is 0 Å². The number of halogens is 3. The second-order valence-corrected chi connectivity index (χ2v) is 2.94. The topological polar surface area (TPSA) is 27.6 Å². The Bertz CT molecular complexity index is 257. The SMILES string of the molecule is C=C1CNCCN1C(=NC)C(F)(F)F. The fraction of sp³-hybridized carbons (Fsp3) is 0.625. The number of hydrogen-bond donors (Lipinski definition) is 1. The van der Waals surface area contributed by atoms with Crippen LogP contribution in [-0.4, -0.2) is 43.6 Å². The molecule has 0 spiro atoms. The van der Waals surface area contributed by atoms with Crippen LogP contribution in [0.5, 0.6) is 0 Å². The molecular weight excluding hydrogens is 195 g/mol. The third-order valence-corrected chi connectivity index (χ3v) is 1.94. The maximum Gasteiger partial charge on any atom is 0.449 e. The van der Waals surface area contributed by atoms with Crippen LogP contribution >= 0.6 is 0 Å². The molecule has 0 unspecified atom stereocenters. The lowest BCUT2D eigenvalue weighted by atomic mass is 10.3. The number of nitrogens with zero attached hydrogens (tertiary/aromatic N) is 2. The second-order valence-electron chi connectivity index (χ2n) is 2.94. The molecule has 3 nitrogen and oxygen atoms in total. The quantitative estimate of drug-likeness (QED) is 0.474. The molecule has 80 valence electrons. The van der Waals surface area contributed by atoms with Gasteiger partial charge in [0.15, 0.2) is 0 Å². The summed E-state index contributed by atoms with van der Waals surface area (Å²) in [5.74, 6) is -0.871. The summed E-state index contributed by atoms with van der Waals surface area (Å²) in [6.45, 7) is 4.69. The summed E-state index contributed by atoms with van der Waals surface area (Å²) in [7, 11) is 1.14. The summed E-state index contributed by atoms with van der Waals surface area (Å²) < 4.78 is 37.3. The fourth-order valence-corrected chi connectivity index (χ4v) is 1.33. The van der Waals surface area contributed by atoms with Crippen LogP contribution in [0.15, 0.2) is 17.3 Å². The van der Waals surface area contributed by atoms with Gasteiger partial charge in [0.1, 0.15) is 0 Å². The van der Waals surface area contributed by atoms with E-state index in [1.807, 2.05) is 0 Å². The molecule has 0 aromatic rings. The largest absolute Gasteiger partial charge is 0.449 e. The molecule has 1 heterocycles. The Morgan fingerprint density at radius 3 is 2.64 bits per heavy atom. The Hall–Kier alpha value is -1.04. The van der Waals surface area contributed by atoms with E-state index in [2.05, 4.69) is 16.9 Å². The minimum Gasteiger partial charge on any atom is -0.324 e. The molecule has 1 saturated heterocycles. The van der Waals surface area contributed by atoms with Crippen LogP contribution in [0.4, 0.5) is 13.2 Å². The number of nitrogens with one attached hydrogen (secondary N) is 1. The molecule has 1 fully saturated rings. The highest BCUT2D eigenvalue weighted by atomic mass is 19.4. The van der Waals surface area contributed by atoms with Crippen LogP contribution < -0.4 is 5.32 Å². The van der Waals surface area contributed by atoms with Crippen LogP contribution in [0, 0.1) is 0 Å². The standard InChI is InChI=1S/C8H12F3N3/c1-6-5-13-3-4-14(6)7(12-2)8(9,10)11/h13H,1,3-5H2,2H3. The zero-order valence-corrected chi connectivity index (χ0v) is 7.86. The predicted molar refractivity (Wildman–Crippen MR) is 48.1 cm³/mol. The van der Waals surface area contributed by atoms with Gasteiger partial charge in [0.2, 0.25) is 5.84 Å². The van der Waals surface area contributed by atoms with E-state index in [1.165, 1.54) is 0 Å². The van der Waals surface area contributed by atoms with Gasteiger partial charge in [-0.25, -0.2) is 0 Å². The Labute approximate surface area is 80.3 Å². The van der Waals surface area contributed by atoms with E-state index in [1.54, 1.807) is 0 Å². The lowest BCUT2D eigenvalue weighted by Crippen LogP contribution is -2.49. The highest BCUT2D eigenvalue weighted by molar-refractivity contribution is 5.89. The Balaban J connectivity index is 2.84. The number of piperazine rings is 1. The Kier molecular flexibility index (Phi) is 3.15. The maximum absolute atomic E-state index is 12.4. The lowest BCUT2D eigenvalue weighted by molar-refractivity contribution is -0.0678. The van der Waals surface area contributed by atoms with Gasteiger partial charge in [0.25, 0.3) is 0 Å². The highest BCUT2D eigenvalue weighted by Crippen LogP contribution is 2.22. The van der Waals surface area contributed by atoms with Crippen molar-refractivity contribution < 1.29 is 13.2 Å². The smallest absolute Gasteiger partial charge is 0.324 e. The number of rotatable bonds is 0. The van der Waals surface area contributed by atoms with E-state index >= 15 is 0 Å². The minimum atomic E-state index is -4.41. The average molecular weight is 207 g/mol. The molecule has 1 aliphatic heterocycles. The van der Waals surface area contributed by atoms with E-state index < -0.39 is 12.0 Å². The summed E-state index contributed by atoms with van der Waals surface area (Å²) in [4.78, 5) is 4.37. The minimum absolute atomic E-state index is 0.255. The summed E-state index contributed by atoms with van der Waals surface area (Å²) in [6, 6.07) is 0. The van der Waals surface area contributed by atoms with E-state index in [0.29, 0.717) is 18.8 Å². The van der Waals surface area contributed by atoms with Crippen molar-refractivity contribution >= 4 is 5.84 Å². The highest BCUT2D eigenvalue weighted by Gasteiger charge is 2.40. The van der Waals surface area contributed by atoms with Crippen LogP contribution in [0.2, 0.25) is 0 Å². The molecule has 0 atom stereocenters. The third kappa shape index (κ3) is 2.25. The normalized spacial score (nSPS) is 20.1. The number of alkyl halides is 3. The van der Waals surface area contributed by atoms with Gasteiger partial charge in [-0.2, -0.15) is 13.2 Å². The van der Waals surface area contributed by atoms with Gasteiger partial charge in [0, 0.05) is 32.4 Å². The van der Waals surface area contributed by atoms with E-state index in [-0.39, 0.29) is 6.54 Å². The van der Waals surface area contributed by atoms with Crippen LogP contribution in [-0.2, 0) is 0 Å². The van der Waals surface area contributed by atoms with Crippen LogP contribution in [0.1, 0.15) is 0 Å². The van der Waals surface area contributed by atoms with Crippen LogP contribution in [0.3, 0.4) is 0 Å². The van der Waals surface area contributed by atoms with Crippen molar-refractivity contribution in [3.05, 3.63) is 12.3 Å². The summed E-state index contributed by atoms with van der Waals surface area (Å²) in [5, 5.41) is 2.93. The molecule has 0 aromatic heterocycles. The van der Waals surface area contributed by atoms with Gasteiger partial charge in [-0.05, 0) is 0 Å². The number of aliphatic imine (C=N–C) groups is 1. The Morgan fingerprint density at radius 2 is 2.21 bits per heavy atom. The first-order valence-corrected chi connectivity index (χ1v) is 4.17. The fourth-order valence-electron chi connectivity index (χ4n) is 1.33. The average Bonchev–Trinajstić information content (AvgIpc) is 2.07. The molecule has 1 aliphatic rings. The Morgan fingerprint density at radius 1 is 1.57 bits per heavy atom. The predicted octanol–water partition coefficient (Wildman–Crippen LogP) is 0.996. The first-order chi connectivity index (χ1) is 6.46. The first-order valence-electron chi connectivity index (χ1n) is 4.17. The lowest BCUT2D eigenvalue weighted by Gasteiger charge is -2.32. The molecule has 0 radical (unpaired) electrons. The van der Waals surface area contributed by atoms with Gasteiger partial charge in [-0.3, -0.25) is 4.99 Å². The molecule has 14 heavy (non-hydrogen) atoms. The third-order valence-electron chi connectivity index (χ3n) is 1.94. The van der Waals surface area contributed by atoms with Crippen molar-refractivity contribution in [3.63, 3.8) is 0 Å². The molecular formula is C8H12F3N3. The maximum atomic E-state index is 12.4. The van der Waals surface area contributed by atoms with Gasteiger partial charge in [0.05, 0.1) is 0 Å². The monoisotopic (exact) mass is 207 g/mol. The van der Waals surface area contributed by atoms with Gasteiger partial charge in [-0.1, -0.05) is 6.58 Å². The van der Waals surface area contributed by atoms with Crippen molar-refractivity contribution in [2.75, 3.05) is 26.7 Å². The first kappa shape index (κ1) is 11.0. The molecule has 0 aliphatic carbocycles. The van der Waals surface area contributed by atoms with Crippen molar-refractivity contribution in [3.8, 4) is 0 Å². The van der Waals surface area contributed by atoms with E-state index in [9.17, 15) is 13.2 Å². The zero-order chi connectivity index (χ0) is 10.8. The van der Waals surface area contributed by atoms with Crippen molar-refractivity contribution in [2.24, 2.45) is 4.99 Å². The summed E-state index contributed by atoms with van der Waals surface area (Å²) >= 11 is 0. The molecule has 0 aromatic carbocycles. The van der Waals surface area contributed by atoms with Gasteiger partial charge >= 0.3 is 6.18 Å². The second kappa shape index (κ2) is 4.00. The molecule has 0 amide bonds. The molecule has 0 bridgehead atoms.